The molecule has 2 rings (SSSR count). The summed E-state index contributed by atoms with van der Waals surface area (Å²) in [6.45, 7) is 6.99. The van der Waals surface area contributed by atoms with Crippen LogP contribution in [0.1, 0.15) is 44.0 Å². The van der Waals surface area contributed by atoms with Crippen molar-refractivity contribution in [2.75, 3.05) is 19.6 Å². The molecule has 1 saturated heterocycles. The van der Waals surface area contributed by atoms with E-state index in [0.717, 1.165) is 19.5 Å². The molecule has 1 aliphatic rings. The van der Waals surface area contributed by atoms with Gasteiger partial charge in [-0.2, -0.15) is 0 Å². The summed E-state index contributed by atoms with van der Waals surface area (Å²) in [4.78, 5) is 16.0. The van der Waals surface area contributed by atoms with Gasteiger partial charge in [0, 0.05) is 11.4 Å². The first kappa shape index (κ1) is 16.5. The van der Waals surface area contributed by atoms with Crippen LogP contribution >= 0.6 is 11.3 Å². The van der Waals surface area contributed by atoms with Crippen LogP contribution in [0.3, 0.4) is 0 Å². The maximum atomic E-state index is 12.2. The fourth-order valence-electron chi connectivity index (χ4n) is 2.77. The van der Waals surface area contributed by atoms with Crippen LogP contribution in [0.4, 0.5) is 0 Å². The molecule has 5 heteroatoms. The van der Waals surface area contributed by atoms with E-state index in [1.54, 1.807) is 11.3 Å². The van der Waals surface area contributed by atoms with Crippen LogP contribution < -0.4 is 11.1 Å². The highest BCUT2D eigenvalue weighted by Crippen LogP contribution is 2.27. The third kappa shape index (κ3) is 4.28. The lowest BCUT2D eigenvalue weighted by atomic mass is 9.99. The standard InChI is InChI=1S/C16H27N3OS/c1-3-12(2)15(17)16(20)18-11-13(14-7-6-10-21-14)19-8-4-5-9-19/h6-7,10,12-13,15H,3-5,8-9,11,17H2,1-2H3,(H,18,20). The molecule has 3 unspecified atom stereocenters. The summed E-state index contributed by atoms with van der Waals surface area (Å²) >= 11 is 1.76. The second kappa shape index (κ2) is 7.92. The molecule has 21 heavy (non-hydrogen) atoms. The zero-order valence-corrected chi connectivity index (χ0v) is 13.9. The van der Waals surface area contributed by atoms with Gasteiger partial charge in [0.2, 0.25) is 5.91 Å². The predicted octanol–water partition coefficient (Wildman–Crippen LogP) is 2.37. The molecule has 0 bridgehead atoms. The number of nitrogens with zero attached hydrogens (tertiary/aromatic N) is 1. The van der Waals surface area contributed by atoms with Gasteiger partial charge in [-0.3, -0.25) is 9.69 Å². The van der Waals surface area contributed by atoms with Gasteiger partial charge in [-0.05, 0) is 43.3 Å². The summed E-state index contributed by atoms with van der Waals surface area (Å²) in [5.74, 6) is 0.196. The number of thiophene rings is 1. The molecular weight excluding hydrogens is 282 g/mol. The molecule has 0 aliphatic carbocycles. The molecular formula is C16H27N3OS. The highest BCUT2D eigenvalue weighted by molar-refractivity contribution is 7.10. The first-order valence-electron chi connectivity index (χ1n) is 7.94. The van der Waals surface area contributed by atoms with Gasteiger partial charge in [-0.1, -0.05) is 26.3 Å². The summed E-state index contributed by atoms with van der Waals surface area (Å²) in [7, 11) is 0. The highest BCUT2D eigenvalue weighted by atomic mass is 32.1. The van der Waals surface area contributed by atoms with Crippen LogP contribution in [0.2, 0.25) is 0 Å². The zero-order chi connectivity index (χ0) is 15.2. The van der Waals surface area contributed by atoms with Gasteiger partial charge in [-0.15, -0.1) is 11.3 Å². The summed E-state index contributed by atoms with van der Waals surface area (Å²) in [6, 6.07) is 4.13. The summed E-state index contributed by atoms with van der Waals surface area (Å²) in [5.41, 5.74) is 6.01. The monoisotopic (exact) mass is 309 g/mol. The van der Waals surface area contributed by atoms with Crippen molar-refractivity contribution in [2.45, 2.75) is 45.2 Å². The van der Waals surface area contributed by atoms with Crippen LogP contribution in [-0.4, -0.2) is 36.5 Å². The van der Waals surface area contributed by atoms with Gasteiger partial charge in [0.15, 0.2) is 0 Å². The van der Waals surface area contributed by atoms with Crippen LogP contribution in [0.15, 0.2) is 17.5 Å². The maximum Gasteiger partial charge on any atom is 0.237 e. The number of likely N-dealkylation sites (tertiary alicyclic amines) is 1. The quantitative estimate of drug-likeness (QED) is 0.813. The van der Waals surface area contributed by atoms with Crippen molar-refractivity contribution in [2.24, 2.45) is 11.7 Å². The topological polar surface area (TPSA) is 58.4 Å². The van der Waals surface area contributed by atoms with Gasteiger partial charge in [-0.25, -0.2) is 0 Å². The molecule has 0 aromatic carbocycles. The fraction of sp³-hybridized carbons (Fsp3) is 0.688. The van der Waals surface area contributed by atoms with Gasteiger partial charge < -0.3 is 11.1 Å². The number of carbonyl (C=O) groups is 1. The first-order chi connectivity index (χ1) is 10.1. The Morgan fingerprint density at radius 1 is 1.48 bits per heavy atom. The Morgan fingerprint density at radius 3 is 2.76 bits per heavy atom. The van der Waals surface area contributed by atoms with E-state index in [9.17, 15) is 4.79 Å². The van der Waals surface area contributed by atoms with Crippen molar-refractivity contribution in [1.29, 1.82) is 0 Å². The van der Waals surface area contributed by atoms with Crippen molar-refractivity contribution < 1.29 is 4.79 Å². The Kier molecular flexibility index (Phi) is 6.21. The molecule has 4 nitrogen and oxygen atoms in total. The Labute approximate surface area is 131 Å². The molecule has 1 amide bonds. The minimum absolute atomic E-state index is 0.0231. The molecule has 2 heterocycles. The average molecular weight is 309 g/mol. The Morgan fingerprint density at radius 2 is 2.19 bits per heavy atom. The van der Waals surface area contributed by atoms with E-state index in [0.29, 0.717) is 12.6 Å². The van der Waals surface area contributed by atoms with Crippen molar-refractivity contribution in [3.8, 4) is 0 Å². The number of rotatable bonds is 7. The Hall–Kier alpha value is -0.910. The van der Waals surface area contributed by atoms with Gasteiger partial charge in [0.1, 0.15) is 0 Å². The minimum Gasteiger partial charge on any atom is -0.353 e. The van der Waals surface area contributed by atoms with E-state index in [-0.39, 0.29) is 11.8 Å². The lowest BCUT2D eigenvalue weighted by Gasteiger charge is -2.28. The van der Waals surface area contributed by atoms with Gasteiger partial charge in [0.25, 0.3) is 0 Å². The van der Waals surface area contributed by atoms with Crippen molar-refractivity contribution in [3.05, 3.63) is 22.4 Å². The van der Waals surface area contributed by atoms with E-state index in [4.69, 9.17) is 5.73 Å². The second-order valence-electron chi connectivity index (χ2n) is 5.93. The molecule has 1 aromatic rings. The first-order valence-corrected chi connectivity index (χ1v) is 8.82. The van der Waals surface area contributed by atoms with Crippen molar-refractivity contribution >= 4 is 17.2 Å². The summed E-state index contributed by atoms with van der Waals surface area (Å²) < 4.78 is 0. The summed E-state index contributed by atoms with van der Waals surface area (Å²) in [6.07, 6.45) is 3.43. The number of amides is 1. The molecule has 1 aliphatic heterocycles. The summed E-state index contributed by atoms with van der Waals surface area (Å²) in [5, 5.41) is 5.17. The molecule has 118 valence electrons. The fourth-order valence-corrected chi connectivity index (χ4v) is 3.63. The number of hydrogen-bond donors (Lipinski definition) is 2. The zero-order valence-electron chi connectivity index (χ0n) is 13.0. The third-order valence-corrected chi connectivity index (χ3v) is 5.46. The SMILES string of the molecule is CCC(C)C(N)C(=O)NCC(c1cccs1)N1CCCC1. The average Bonchev–Trinajstić information content (AvgIpc) is 3.19. The van der Waals surface area contributed by atoms with Gasteiger partial charge >= 0.3 is 0 Å². The molecule has 0 spiro atoms. The number of carbonyl (C=O) groups excluding carboxylic acids is 1. The second-order valence-corrected chi connectivity index (χ2v) is 6.91. The van der Waals surface area contributed by atoms with Crippen molar-refractivity contribution in [1.82, 2.24) is 10.2 Å². The molecule has 1 fully saturated rings. The largest absolute Gasteiger partial charge is 0.353 e. The normalized spacial score (nSPS) is 20.1. The predicted molar refractivity (Wildman–Crippen MR) is 88.3 cm³/mol. The van der Waals surface area contributed by atoms with Crippen LogP contribution in [0.25, 0.3) is 0 Å². The Balaban J connectivity index is 1.95. The maximum absolute atomic E-state index is 12.2. The van der Waals surface area contributed by atoms with E-state index in [2.05, 4.69) is 34.7 Å². The lowest BCUT2D eigenvalue weighted by Crippen LogP contribution is -2.47. The molecule has 3 atom stereocenters. The van der Waals surface area contributed by atoms with E-state index in [1.807, 2.05) is 6.92 Å². The number of nitrogens with two attached hydrogens (primary N) is 1. The minimum atomic E-state index is -0.405. The molecule has 0 saturated carbocycles. The van der Waals surface area contributed by atoms with Crippen LogP contribution in [-0.2, 0) is 4.79 Å². The van der Waals surface area contributed by atoms with Crippen LogP contribution in [0.5, 0.6) is 0 Å². The highest BCUT2D eigenvalue weighted by Gasteiger charge is 2.26. The number of hydrogen-bond acceptors (Lipinski definition) is 4. The Bertz CT molecular complexity index is 429. The van der Waals surface area contributed by atoms with Crippen molar-refractivity contribution in [3.63, 3.8) is 0 Å². The van der Waals surface area contributed by atoms with Crippen LogP contribution in [0, 0.1) is 5.92 Å². The molecule has 3 N–H and O–H groups in total. The molecule has 0 radical (unpaired) electrons. The van der Waals surface area contributed by atoms with E-state index in [1.165, 1.54) is 17.7 Å². The lowest BCUT2D eigenvalue weighted by molar-refractivity contribution is -0.123. The van der Waals surface area contributed by atoms with Gasteiger partial charge in [0.05, 0.1) is 12.1 Å². The van der Waals surface area contributed by atoms with E-state index < -0.39 is 6.04 Å². The molecule has 1 aromatic heterocycles. The smallest absolute Gasteiger partial charge is 0.237 e. The van der Waals surface area contributed by atoms with E-state index >= 15 is 0 Å². The third-order valence-electron chi connectivity index (χ3n) is 4.48. The number of nitrogens with one attached hydrogen (secondary N) is 1.